The SMILES string of the molecule is Cl.O=C(c1cc2ccccc2c(=O)[nH]1)N1CCCC(N2CCNCC2=O)C1. The first kappa shape index (κ1) is 19.4. The van der Waals surface area contributed by atoms with Gasteiger partial charge in [0, 0.05) is 37.6 Å². The van der Waals surface area contributed by atoms with Gasteiger partial charge in [0.2, 0.25) is 5.91 Å². The number of nitrogens with zero attached hydrogens (tertiary/aromatic N) is 2. The number of halogens is 1. The highest BCUT2D eigenvalue weighted by Gasteiger charge is 2.32. The van der Waals surface area contributed by atoms with Crippen molar-refractivity contribution in [2.45, 2.75) is 18.9 Å². The summed E-state index contributed by atoms with van der Waals surface area (Å²) < 4.78 is 0. The second-order valence-corrected chi connectivity index (χ2v) is 6.91. The average Bonchev–Trinajstić information content (AvgIpc) is 2.68. The van der Waals surface area contributed by atoms with Crippen LogP contribution in [0.25, 0.3) is 10.8 Å². The van der Waals surface area contributed by atoms with Crippen LogP contribution in [0.1, 0.15) is 23.3 Å². The molecule has 0 bridgehead atoms. The number of benzene rings is 1. The summed E-state index contributed by atoms with van der Waals surface area (Å²) in [6.45, 7) is 2.98. The standard InChI is InChI=1S/C19H22N4O3.ClH/c24-17-11-20-7-9-23(17)14-5-3-8-22(12-14)19(26)16-10-13-4-1-2-6-15(13)18(25)21-16;/h1-2,4,6,10,14,20H,3,5,7-9,11-12H2,(H,21,25);1H. The van der Waals surface area contributed by atoms with E-state index < -0.39 is 0 Å². The molecule has 3 heterocycles. The second-order valence-electron chi connectivity index (χ2n) is 6.91. The van der Waals surface area contributed by atoms with Gasteiger partial charge in [0.25, 0.3) is 11.5 Å². The zero-order valence-corrected chi connectivity index (χ0v) is 15.8. The Labute approximate surface area is 163 Å². The molecule has 1 aromatic heterocycles. The largest absolute Gasteiger partial charge is 0.336 e. The van der Waals surface area contributed by atoms with Gasteiger partial charge < -0.3 is 20.1 Å². The van der Waals surface area contributed by atoms with Crippen molar-refractivity contribution in [1.82, 2.24) is 20.1 Å². The van der Waals surface area contributed by atoms with Gasteiger partial charge in [-0.2, -0.15) is 0 Å². The smallest absolute Gasteiger partial charge is 0.270 e. The van der Waals surface area contributed by atoms with Crippen LogP contribution in [0.5, 0.6) is 0 Å². The molecule has 4 rings (SSSR count). The number of nitrogens with one attached hydrogen (secondary N) is 2. The van der Waals surface area contributed by atoms with Gasteiger partial charge >= 0.3 is 0 Å². The number of amides is 2. The van der Waals surface area contributed by atoms with Crippen LogP contribution in [0, 0.1) is 0 Å². The van der Waals surface area contributed by atoms with Crippen molar-refractivity contribution in [2.75, 3.05) is 32.7 Å². The van der Waals surface area contributed by atoms with Gasteiger partial charge in [-0.05, 0) is 30.4 Å². The molecule has 144 valence electrons. The molecule has 1 atom stereocenters. The molecule has 2 amide bonds. The van der Waals surface area contributed by atoms with Crippen molar-refractivity contribution in [3.8, 4) is 0 Å². The summed E-state index contributed by atoms with van der Waals surface area (Å²) in [6.07, 6.45) is 1.76. The number of fused-ring (bicyclic) bond motifs is 1. The van der Waals surface area contributed by atoms with E-state index in [2.05, 4.69) is 10.3 Å². The molecule has 27 heavy (non-hydrogen) atoms. The highest BCUT2D eigenvalue weighted by molar-refractivity contribution is 5.96. The third kappa shape index (κ3) is 3.84. The number of likely N-dealkylation sites (tertiary alicyclic amines) is 1. The van der Waals surface area contributed by atoms with Gasteiger partial charge in [0.15, 0.2) is 0 Å². The number of hydrogen-bond donors (Lipinski definition) is 2. The third-order valence-electron chi connectivity index (χ3n) is 5.23. The van der Waals surface area contributed by atoms with E-state index >= 15 is 0 Å². The summed E-state index contributed by atoms with van der Waals surface area (Å²) in [6, 6.07) is 9.02. The fourth-order valence-corrected chi connectivity index (χ4v) is 3.90. The number of aromatic nitrogens is 1. The zero-order valence-electron chi connectivity index (χ0n) is 14.9. The summed E-state index contributed by atoms with van der Waals surface area (Å²) in [5.41, 5.74) is 0.0540. The van der Waals surface area contributed by atoms with Crippen molar-refractivity contribution in [3.63, 3.8) is 0 Å². The molecule has 8 heteroatoms. The monoisotopic (exact) mass is 390 g/mol. The molecule has 2 aromatic rings. The molecule has 0 radical (unpaired) electrons. The lowest BCUT2D eigenvalue weighted by atomic mass is 10.0. The summed E-state index contributed by atoms with van der Waals surface area (Å²) in [5, 5.41) is 4.41. The van der Waals surface area contributed by atoms with Crippen LogP contribution in [0.3, 0.4) is 0 Å². The molecule has 1 unspecified atom stereocenters. The van der Waals surface area contributed by atoms with Gasteiger partial charge in [0.05, 0.1) is 6.54 Å². The number of carbonyl (C=O) groups is 2. The molecular formula is C19H23ClN4O3. The van der Waals surface area contributed by atoms with E-state index in [1.165, 1.54) is 0 Å². The fraction of sp³-hybridized carbons (Fsp3) is 0.421. The van der Waals surface area contributed by atoms with E-state index in [0.717, 1.165) is 24.8 Å². The number of pyridine rings is 1. The van der Waals surface area contributed by atoms with Crippen LogP contribution in [0.2, 0.25) is 0 Å². The maximum Gasteiger partial charge on any atom is 0.270 e. The van der Waals surface area contributed by atoms with Crippen LogP contribution in [-0.2, 0) is 4.79 Å². The number of hydrogen-bond acceptors (Lipinski definition) is 4. The lowest BCUT2D eigenvalue weighted by Gasteiger charge is -2.41. The highest BCUT2D eigenvalue weighted by Crippen LogP contribution is 2.19. The van der Waals surface area contributed by atoms with Gasteiger partial charge in [-0.1, -0.05) is 18.2 Å². The highest BCUT2D eigenvalue weighted by atomic mass is 35.5. The minimum absolute atomic E-state index is 0. The Morgan fingerprint density at radius 3 is 2.78 bits per heavy atom. The topological polar surface area (TPSA) is 85.5 Å². The quantitative estimate of drug-likeness (QED) is 0.800. The number of aromatic amines is 1. The van der Waals surface area contributed by atoms with E-state index in [-0.39, 0.29) is 35.8 Å². The fourth-order valence-electron chi connectivity index (χ4n) is 3.90. The molecule has 0 aliphatic carbocycles. The molecule has 7 nitrogen and oxygen atoms in total. The summed E-state index contributed by atoms with van der Waals surface area (Å²) in [5.74, 6) is -0.0882. The zero-order chi connectivity index (χ0) is 18.1. The summed E-state index contributed by atoms with van der Waals surface area (Å²) >= 11 is 0. The Hall–Kier alpha value is -2.38. The molecule has 2 aliphatic rings. The number of H-pyrrole nitrogens is 1. The Morgan fingerprint density at radius 1 is 1.15 bits per heavy atom. The molecule has 2 fully saturated rings. The van der Waals surface area contributed by atoms with Gasteiger partial charge in [-0.3, -0.25) is 14.4 Å². The maximum atomic E-state index is 12.9. The minimum atomic E-state index is -0.253. The second kappa shape index (κ2) is 8.10. The van der Waals surface area contributed by atoms with Crippen LogP contribution in [-0.4, -0.2) is 65.4 Å². The lowest BCUT2D eigenvalue weighted by molar-refractivity contribution is -0.135. The molecule has 0 saturated carbocycles. The number of rotatable bonds is 2. The van der Waals surface area contributed by atoms with E-state index in [1.54, 1.807) is 23.1 Å². The molecule has 2 saturated heterocycles. The van der Waals surface area contributed by atoms with Gasteiger partial charge in [0.1, 0.15) is 5.69 Å². The van der Waals surface area contributed by atoms with Crippen molar-refractivity contribution >= 4 is 35.0 Å². The molecule has 2 N–H and O–H groups in total. The van der Waals surface area contributed by atoms with E-state index in [0.29, 0.717) is 37.3 Å². The first-order valence-corrected chi connectivity index (χ1v) is 9.05. The van der Waals surface area contributed by atoms with E-state index in [9.17, 15) is 14.4 Å². The molecular weight excluding hydrogens is 368 g/mol. The van der Waals surface area contributed by atoms with Crippen LogP contribution in [0.15, 0.2) is 35.1 Å². The van der Waals surface area contributed by atoms with Crippen molar-refractivity contribution < 1.29 is 9.59 Å². The van der Waals surface area contributed by atoms with Crippen molar-refractivity contribution in [2.24, 2.45) is 0 Å². The predicted octanol–water partition coefficient (Wildman–Crippen LogP) is 0.986. The molecule has 0 spiro atoms. The third-order valence-corrected chi connectivity index (χ3v) is 5.23. The van der Waals surface area contributed by atoms with Gasteiger partial charge in [-0.25, -0.2) is 0 Å². The van der Waals surface area contributed by atoms with Crippen LogP contribution >= 0.6 is 12.4 Å². The lowest BCUT2D eigenvalue weighted by Crippen LogP contribution is -2.57. The van der Waals surface area contributed by atoms with Gasteiger partial charge in [-0.15, -0.1) is 12.4 Å². The number of piperidine rings is 1. The first-order chi connectivity index (χ1) is 12.6. The van der Waals surface area contributed by atoms with Crippen molar-refractivity contribution in [1.29, 1.82) is 0 Å². The Morgan fingerprint density at radius 2 is 1.96 bits per heavy atom. The maximum absolute atomic E-state index is 12.9. The predicted molar refractivity (Wildman–Crippen MR) is 105 cm³/mol. The van der Waals surface area contributed by atoms with Crippen LogP contribution in [0.4, 0.5) is 0 Å². The Kier molecular flexibility index (Phi) is 5.82. The Balaban J connectivity index is 0.00000210. The van der Waals surface area contributed by atoms with E-state index in [4.69, 9.17) is 0 Å². The average molecular weight is 391 g/mol. The first-order valence-electron chi connectivity index (χ1n) is 9.05. The number of carbonyl (C=O) groups excluding carboxylic acids is 2. The van der Waals surface area contributed by atoms with Crippen LogP contribution < -0.4 is 10.9 Å². The molecule has 2 aliphatic heterocycles. The summed E-state index contributed by atoms with van der Waals surface area (Å²) in [7, 11) is 0. The summed E-state index contributed by atoms with van der Waals surface area (Å²) in [4.78, 5) is 43.7. The van der Waals surface area contributed by atoms with Crippen molar-refractivity contribution in [3.05, 3.63) is 46.4 Å². The normalized spacial score (nSPS) is 20.4. The minimum Gasteiger partial charge on any atom is -0.336 e. The Bertz CT molecular complexity index is 913. The number of piperazine rings is 1. The molecule has 1 aromatic carbocycles. The van der Waals surface area contributed by atoms with E-state index in [1.807, 2.05) is 17.0 Å².